The molecule has 3 aromatic rings. The highest BCUT2D eigenvalue weighted by Crippen LogP contribution is 2.25. The van der Waals surface area contributed by atoms with Crippen LogP contribution in [0.25, 0.3) is 10.9 Å². The number of anilines is 1. The Balaban J connectivity index is 1.51. The Morgan fingerprint density at radius 2 is 2.30 bits per heavy atom. The molecule has 6 nitrogen and oxygen atoms in total. The molecule has 23 heavy (non-hydrogen) atoms. The van der Waals surface area contributed by atoms with Gasteiger partial charge < -0.3 is 5.32 Å². The molecule has 0 saturated heterocycles. The molecule has 0 atom stereocenters. The predicted octanol–water partition coefficient (Wildman–Crippen LogP) is 2.88. The number of aromatic amines is 1. The maximum Gasteiger partial charge on any atom is 0.323 e. The fraction of sp³-hybridized carbons (Fsp3) is 0.188. The first-order valence-corrected chi connectivity index (χ1v) is 7.72. The molecule has 2 aromatic heterocycles. The molecule has 7 heteroatoms. The molecular formula is C16H14ClN5O. The van der Waals surface area contributed by atoms with Gasteiger partial charge in [0.25, 0.3) is 0 Å². The van der Waals surface area contributed by atoms with E-state index in [2.05, 4.69) is 20.5 Å². The number of carbonyl (C=O) groups excluding carboxylic acids is 1. The Morgan fingerprint density at radius 3 is 3.22 bits per heavy atom. The second kappa shape index (κ2) is 5.55. The molecule has 2 amide bonds. The highest BCUT2D eigenvalue weighted by atomic mass is 35.5. The lowest BCUT2D eigenvalue weighted by atomic mass is 10.2. The van der Waals surface area contributed by atoms with Crippen molar-refractivity contribution in [3.63, 3.8) is 0 Å². The van der Waals surface area contributed by atoms with Gasteiger partial charge in [-0.2, -0.15) is 5.10 Å². The molecule has 116 valence electrons. The van der Waals surface area contributed by atoms with E-state index < -0.39 is 0 Å². The predicted molar refractivity (Wildman–Crippen MR) is 88.6 cm³/mol. The first-order valence-electron chi connectivity index (χ1n) is 7.34. The number of nitrogens with one attached hydrogen (secondary N) is 2. The van der Waals surface area contributed by atoms with Gasteiger partial charge in [-0.15, -0.1) is 0 Å². The SMILES string of the molecule is O=C(NCc1[nH]nc2ccc(Cl)cc12)N1CCc2cccnc21. The summed E-state index contributed by atoms with van der Waals surface area (Å²) in [5, 5.41) is 11.6. The molecule has 3 heterocycles. The smallest absolute Gasteiger partial charge is 0.323 e. The minimum Gasteiger partial charge on any atom is -0.332 e. The number of benzene rings is 1. The van der Waals surface area contributed by atoms with Crippen molar-refractivity contribution in [3.8, 4) is 0 Å². The van der Waals surface area contributed by atoms with Gasteiger partial charge in [-0.05, 0) is 36.2 Å². The average molecular weight is 328 g/mol. The first kappa shape index (κ1) is 14.0. The van der Waals surface area contributed by atoms with Gasteiger partial charge in [0.1, 0.15) is 5.82 Å². The van der Waals surface area contributed by atoms with Crippen molar-refractivity contribution >= 4 is 34.4 Å². The third-order valence-electron chi connectivity index (χ3n) is 3.98. The van der Waals surface area contributed by atoms with Crippen molar-refractivity contribution in [2.24, 2.45) is 0 Å². The molecule has 4 rings (SSSR count). The molecule has 1 aliphatic rings. The van der Waals surface area contributed by atoms with E-state index in [-0.39, 0.29) is 6.03 Å². The Kier molecular flexibility index (Phi) is 3.38. The summed E-state index contributed by atoms with van der Waals surface area (Å²) in [6.45, 7) is 1.00. The second-order valence-electron chi connectivity index (χ2n) is 5.41. The molecule has 0 aliphatic carbocycles. The van der Waals surface area contributed by atoms with Crippen molar-refractivity contribution in [3.05, 3.63) is 52.8 Å². The van der Waals surface area contributed by atoms with Crippen LogP contribution in [0.2, 0.25) is 5.02 Å². The molecule has 0 bridgehead atoms. The fourth-order valence-electron chi connectivity index (χ4n) is 2.83. The third-order valence-corrected chi connectivity index (χ3v) is 4.22. The lowest BCUT2D eigenvalue weighted by Gasteiger charge is -2.16. The van der Waals surface area contributed by atoms with Crippen LogP contribution in [0, 0.1) is 0 Å². The molecular weight excluding hydrogens is 314 g/mol. The molecule has 0 saturated carbocycles. The van der Waals surface area contributed by atoms with E-state index >= 15 is 0 Å². The van der Waals surface area contributed by atoms with Crippen LogP contribution < -0.4 is 10.2 Å². The summed E-state index contributed by atoms with van der Waals surface area (Å²) >= 11 is 6.02. The van der Waals surface area contributed by atoms with Gasteiger partial charge in [-0.3, -0.25) is 10.00 Å². The molecule has 0 radical (unpaired) electrons. The Labute approximate surface area is 137 Å². The van der Waals surface area contributed by atoms with Crippen LogP contribution in [-0.4, -0.2) is 27.8 Å². The summed E-state index contributed by atoms with van der Waals surface area (Å²) in [6, 6.07) is 9.21. The maximum absolute atomic E-state index is 12.4. The van der Waals surface area contributed by atoms with Crippen molar-refractivity contribution in [1.29, 1.82) is 0 Å². The molecule has 0 unspecified atom stereocenters. The van der Waals surface area contributed by atoms with E-state index in [1.165, 1.54) is 0 Å². The van der Waals surface area contributed by atoms with Crippen LogP contribution in [0.1, 0.15) is 11.3 Å². The number of urea groups is 1. The van der Waals surface area contributed by atoms with E-state index in [0.29, 0.717) is 18.1 Å². The summed E-state index contributed by atoms with van der Waals surface area (Å²) in [7, 11) is 0. The molecule has 0 fully saturated rings. The number of fused-ring (bicyclic) bond motifs is 2. The number of halogens is 1. The maximum atomic E-state index is 12.4. The number of amides is 2. The van der Waals surface area contributed by atoms with Crippen LogP contribution in [0.3, 0.4) is 0 Å². The van der Waals surface area contributed by atoms with E-state index in [1.807, 2.05) is 24.3 Å². The monoisotopic (exact) mass is 327 g/mol. The van der Waals surface area contributed by atoms with Crippen LogP contribution in [0.5, 0.6) is 0 Å². The van der Waals surface area contributed by atoms with Gasteiger partial charge in [0.2, 0.25) is 0 Å². The summed E-state index contributed by atoms with van der Waals surface area (Å²) in [6.07, 6.45) is 2.54. The highest BCUT2D eigenvalue weighted by Gasteiger charge is 2.25. The number of hydrogen-bond donors (Lipinski definition) is 2. The summed E-state index contributed by atoms with van der Waals surface area (Å²) in [4.78, 5) is 18.4. The Hall–Kier alpha value is -2.60. The number of hydrogen-bond acceptors (Lipinski definition) is 3. The van der Waals surface area contributed by atoms with Crippen molar-refractivity contribution in [2.45, 2.75) is 13.0 Å². The van der Waals surface area contributed by atoms with Gasteiger partial charge in [0, 0.05) is 23.2 Å². The third kappa shape index (κ3) is 2.51. The molecule has 2 N–H and O–H groups in total. The highest BCUT2D eigenvalue weighted by molar-refractivity contribution is 6.31. The fourth-order valence-corrected chi connectivity index (χ4v) is 3.01. The largest absolute Gasteiger partial charge is 0.332 e. The van der Waals surface area contributed by atoms with Crippen molar-refractivity contribution in [2.75, 3.05) is 11.4 Å². The summed E-state index contributed by atoms with van der Waals surface area (Å²) in [5.74, 6) is 0.738. The minimum absolute atomic E-state index is 0.160. The zero-order valence-corrected chi connectivity index (χ0v) is 13.0. The number of H-pyrrole nitrogens is 1. The molecule has 1 aromatic carbocycles. The van der Waals surface area contributed by atoms with E-state index in [9.17, 15) is 4.79 Å². The second-order valence-corrected chi connectivity index (χ2v) is 5.85. The number of nitrogens with zero attached hydrogens (tertiary/aromatic N) is 3. The topological polar surface area (TPSA) is 73.9 Å². The van der Waals surface area contributed by atoms with Gasteiger partial charge in [0.15, 0.2) is 0 Å². The van der Waals surface area contributed by atoms with Crippen LogP contribution in [-0.2, 0) is 13.0 Å². The first-order chi connectivity index (χ1) is 11.2. The van der Waals surface area contributed by atoms with Gasteiger partial charge >= 0.3 is 6.03 Å². The normalized spacial score (nSPS) is 13.3. The van der Waals surface area contributed by atoms with Gasteiger partial charge in [-0.1, -0.05) is 17.7 Å². The number of carbonyl (C=O) groups is 1. The minimum atomic E-state index is -0.160. The zero-order valence-electron chi connectivity index (χ0n) is 12.2. The van der Waals surface area contributed by atoms with E-state index in [1.54, 1.807) is 17.2 Å². The van der Waals surface area contributed by atoms with Crippen LogP contribution >= 0.6 is 11.6 Å². The van der Waals surface area contributed by atoms with Gasteiger partial charge in [0.05, 0.1) is 17.8 Å². The Bertz CT molecular complexity index is 891. The summed E-state index contributed by atoms with van der Waals surface area (Å²) < 4.78 is 0. The van der Waals surface area contributed by atoms with Crippen molar-refractivity contribution < 1.29 is 4.79 Å². The zero-order chi connectivity index (χ0) is 15.8. The van der Waals surface area contributed by atoms with Gasteiger partial charge in [-0.25, -0.2) is 9.78 Å². The van der Waals surface area contributed by atoms with Crippen LogP contribution in [0.4, 0.5) is 10.6 Å². The number of rotatable bonds is 2. The number of pyridine rings is 1. The summed E-state index contributed by atoms with van der Waals surface area (Å²) in [5.41, 5.74) is 2.75. The van der Waals surface area contributed by atoms with Crippen LogP contribution in [0.15, 0.2) is 36.5 Å². The van der Waals surface area contributed by atoms with E-state index in [0.717, 1.165) is 34.4 Å². The number of aromatic nitrogens is 3. The lowest BCUT2D eigenvalue weighted by Crippen LogP contribution is -2.39. The van der Waals surface area contributed by atoms with Crippen molar-refractivity contribution in [1.82, 2.24) is 20.5 Å². The average Bonchev–Trinajstić information content (AvgIpc) is 3.16. The van der Waals surface area contributed by atoms with E-state index in [4.69, 9.17) is 11.6 Å². The lowest BCUT2D eigenvalue weighted by molar-refractivity contribution is 0.246. The quantitative estimate of drug-likeness (QED) is 0.760. The standard InChI is InChI=1S/C16H14ClN5O/c17-11-3-4-13-12(8-11)14(21-20-13)9-19-16(23)22-7-5-10-2-1-6-18-15(10)22/h1-4,6,8H,5,7,9H2,(H,19,23)(H,20,21). The molecule has 0 spiro atoms. The Morgan fingerprint density at radius 1 is 1.39 bits per heavy atom. The molecule has 1 aliphatic heterocycles.